The summed E-state index contributed by atoms with van der Waals surface area (Å²) in [6.07, 6.45) is 4.41. The van der Waals surface area contributed by atoms with Crippen LogP contribution in [-0.4, -0.2) is 33.0 Å². The molecule has 6 nitrogen and oxygen atoms in total. The first-order valence-electron chi connectivity index (χ1n) is 7.19. The molecule has 108 valence electrons. The number of aromatic amines is 1. The Kier molecular flexibility index (Phi) is 3.56. The third-order valence-electron chi connectivity index (χ3n) is 3.60. The Hall–Kier alpha value is -1.69. The highest BCUT2D eigenvalue weighted by molar-refractivity contribution is 5.73. The Bertz CT molecular complexity index is 653. The smallest absolute Gasteiger partial charge is 0.262 e. The average Bonchev–Trinajstić information content (AvgIpc) is 2.83. The molecule has 0 amide bonds. The van der Waals surface area contributed by atoms with Crippen LogP contribution in [0.25, 0.3) is 11.0 Å². The van der Waals surface area contributed by atoms with E-state index in [2.05, 4.69) is 28.9 Å². The fourth-order valence-corrected chi connectivity index (χ4v) is 2.65. The maximum atomic E-state index is 12.1. The van der Waals surface area contributed by atoms with Crippen molar-refractivity contribution in [3.8, 4) is 0 Å². The molecule has 1 aliphatic rings. The van der Waals surface area contributed by atoms with Gasteiger partial charge >= 0.3 is 0 Å². The van der Waals surface area contributed by atoms with Crippen molar-refractivity contribution in [2.45, 2.75) is 39.2 Å². The minimum atomic E-state index is -0.103. The van der Waals surface area contributed by atoms with Crippen LogP contribution in [-0.2, 0) is 11.2 Å². The van der Waals surface area contributed by atoms with Crippen molar-refractivity contribution in [2.24, 2.45) is 5.92 Å². The number of fused-ring (bicyclic) bond motifs is 1. The predicted octanol–water partition coefficient (Wildman–Crippen LogP) is 1.67. The van der Waals surface area contributed by atoms with E-state index in [0.29, 0.717) is 23.6 Å². The second-order valence-electron chi connectivity index (χ2n) is 5.81. The van der Waals surface area contributed by atoms with Crippen molar-refractivity contribution >= 4 is 11.0 Å². The molecule has 0 bridgehead atoms. The molecule has 1 N–H and O–H groups in total. The fourth-order valence-electron chi connectivity index (χ4n) is 2.65. The summed E-state index contributed by atoms with van der Waals surface area (Å²) >= 11 is 0. The van der Waals surface area contributed by atoms with Gasteiger partial charge in [0.25, 0.3) is 5.56 Å². The quantitative estimate of drug-likeness (QED) is 0.925. The van der Waals surface area contributed by atoms with Crippen molar-refractivity contribution in [1.29, 1.82) is 0 Å². The Morgan fingerprint density at radius 3 is 3.10 bits per heavy atom. The zero-order valence-electron chi connectivity index (χ0n) is 11.9. The maximum Gasteiger partial charge on any atom is 0.262 e. The van der Waals surface area contributed by atoms with Gasteiger partial charge in [0.2, 0.25) is 0 Å². The van der Waals surface area contributed by atoms with E-state index in [4.69, 9.17) is 4.74 Å². The summed E-state index contributed by atoms with van der Waals surface area (Å²) in [6, 6.07) is 0.183. The number of rotatable bonds is 3. The molecule has 0 saturated carbocycles. The zero-order valence-corrected chi connectivity index (χ0v) is 11.9. The molecular weight excluding hydrogens is 256 g/mol. The van der Waals surface area contributed by atoms with Gasteiger partial charge in [-0.25, -0.2) is 9.67 Å². The van der Waals surface area contributed by atoms with E-state index in [1.807, 2.05) is 4.68 Å². The number of nitrogens with zero attached hydrogens (tertiary/aromatic N) is 3. The molecule has 1 unspecified atom stereocenters. The number of H-pyrrole nitrogens is 1. The Morgan fingerprint density at radius 2 is 2.40 bits per heavy atom. The van der Waals surface area contributed by atoms with E-state index in [-0.39, 0.29) is 11.6 Å². The van der Waals surface area contributed by atoms with E-state index in [9.17, 15) is 4.79 Å². The third kappa shape index (κ3) is 2.47. The second kappa shape index (κ2) is 5.36. The van der Waals surface area contributed by atoms with Gasteiger partial charge in [-0.1, -0.05) is 13.8 Å². The van der Waals surface area contributed by atoms with Crippen molar-refractivity contribution in [1.82, 2.24) is 19.7 Å². The van der Waals surface area contributed by atoms with E-state index in [1.165, 1.54) is 0 Å². The fraction of sp³-hybridized carbons (Fsp3) is 0.643. The minimum Gasteiger partial charge on any atom is -0.379 e. The van der Waals surface area contributed by atoms with Crippen molar-refractivity contribution < 1.29 is 4.74 Å². The molecule has 1 fully saturated rings. The molecule has 1 aliphatic heterocycles. The molecule has 0 aliphatic carbocycles. The van der Waals surface area contributed by atoms with Crippen LogP contribution in [0.1, 0.15) is 38.6 Å². The molecule has 0 radical (unpaired) electrons. The largest absolute Gasteiger partial charge is 0.379 e. The highest BCUT2D eigenvalue weighted by atomic mass is 16.5. The number of aromatic nitrogens is 4. The van der Waals surface area contributed by atoms with Gasteiger partial charge in [-0.05, 0) is 18.8 Å². The van der Waals surface area contributed by atoms with Gasteiger partial charge in [-0.3, -0.25) is 4.79 Å². The lowest BCUT2D eigenvalue weighted by Gasteiger charge is -2.22. The van der Waals surface area contributed by atoms with Gasteiger partial charge in [-0.15, -0.1) is 0 Å². The summed E-state index contributed by atoms with van der Waals surface area (Å²) in [4.78, 5) is 19.5. The summed E-state index contributed by atoms with van der Waals surface area (Å²) in [5, 5.41) is 4.91. The van der Waals surface area contributed by atoms with Crippen LogP contribution in [0.4, 0.5) is 0 Å². The summed E-state index contributed by atoms with van der Waals surface area (Å²) in [6.45, 7) is 5.67. The summed E-state index contributed by atoms with van der Waals surface area (Å²) in [5.74, 6) is 1.18. The summed E-state index contributed by atoms with van der Waals surface area (Å²) < 4.78 is 7.36. The number of nitrogens with one attached hydrogen (secondary N) is 1. The minimum absolute atomic E-state index is 0.103. The van der Waals surface area contributed by atoms with Gasteiger partial charge in [-0.2, -0.15) is 5.10 Å². The maximum absolute atomic E-state index is 12.1. The highest BCUT2D eigenvalue weighted by Gasteiger charge is 2.20. The van der Waals surface area contributed by atoms with Gasteiger partial charge in [0, 0.05) is 13.0 Å². The molecule has 2 aromatic rings. The topological polar surface area (TPSA) is 72.8 Å². The molecule has 2 aromatic heterocycles. The lowest BCUT2D eigenvalue weighted by molar-refractivity contribution is 0.0563. The van der Waals surface area contributed by atoms with E-state index in [1.54, 1.807) is 6.20 Å². The molecule has 20 heavy (non-hydrogen) atoms. The monoisotopic (exact) mass is 276 g/mol. The standard InChI is InChI=1S/C14H20N4O2/c1-9(2)6-12-16-13-11(14(19)17-12)7-15-18(13)10-4-3-5-20-8-10/h7,9-10H,3-6,8H2,1-2H3,(H,16,17,19). The van der Waals surface area contributed by atoms with Crippen LogP contribution in [0.15, 0.2) is 11.0 Å². The average molecular weight is 276 g/mol. The first-order chi connectivity index (χ1) is 9.65. The van der Waals surface area contributed by atoms with Crippen LogP contribution in [0.2, 0.25) is 0 Å². The first kappa shape index (κ1) is 13.3. The van der Waals surface area contributed by atoms with E-state index >= 15 is 0 Å². The van der Waals surface area contributed by atoms with Gasteiger partial charge in [0.15, 0.2) is 5.65 Å². The Balaban J connectivity index is 2.04. The SMILES string of the molecule is CC(C)Cc1nc2c(cnn2C2CCCOC2)c(=O)[nH]1. The van der Waals surface area contributed by atoms with E-state index in [0.717, 1.165) is 31.7 Å². The summed E-state index contributed by atoms with van der Waals surface area (Å²) in [5.41, 5.74) is 0.577. The third-order valence-corrected chi connectivity index (χ3v) is 3.60. The molecule has 1 atom stereocenters. The van der Waals surface area contributed by atoms with Crippen LogP contribution in [0.3, 0.4) is 0 Å². The molecule has 6 heteroatoms. The Morgan fingerprint density at radius 1 is 1.55 bits per heavy atom. The van der Waals surface area contributed by atoms with Crippen LogP contribution in [0.5, 0.6) is 0 Å². The molecular formula is C14H20N4O2. The first-order valence-corrected chi connectivity index (χ1v) is 7.19. The van der Waals surface area contributed by atoms with Crippen LogP contribution >= 0.6 is 0 Å². The second-order valence-corrected chi connectivity index (χ2v) is 5.81. The van der Waals surface area contributed by atoms with Crippen molar-refractivity contribution in [3.63, 3.8) is 0 Å². The number of hydrogen-bond donors (Lipinski definition) is 1. The predicted molar refractivity (Wildman–Crippen MR) is 75.8 cm³/mol. The van der Waals surface area contributed by atoms with Crippen molar-refractivity contribution in [2.75, 3.05) is 13.2 Å². The molecule has 1 saturated heterocycles. The van der Waals surface area contributed by atoms with Crippen molar-refractivity contribution in [3.05, 3.63) is 22.4 Å². The zero-order chi connectivity index (χ0) is 14.1. The molecule has 3 rings (SSSR count). The van der Waals surface area contributed by atoms with Gasteiger partial charge in [0.1, 0.15) is 11.2 Å². The lowest BCUT2D eigenvalue weighted by Crippen LogP contribution is -2.23. The molecule has 0 aromatic carbocycles. The lowest BCUT2D eigenvalue weighted by atomic mass is 10.1. The normalized spacial score (nSPS) is 19.9. The highest BCUT2D eigenvalue weighted by Crippen LogP contribution is 2.21. The Labute approximate surface area is 117 Å². The van der Waals surface area contributed by atoms with E-state index < -0.39 is 0 Å². The molecule has 0 spiro atoms. The van der Waals surface area contributed by atoms with Gasteiger partial charge in [0.05, 0.1) is 18.8 Å². The number of ether oxygens (including phenoxy) is 1. The molecule has 3 heterocycles. The number of hydrogen-bond acceptors (Lipinski definition) is 4. The summed E-state index contributed by atoms with van der Waals surface area (Å²) in [7, 11) is 0. The van der Waals surface area contributed by atoms with Crippen LogP contribution in [0, 0.1) is 5.92 Å². The van der Waals surface area contributed by atoms with Gasteiger partial charge < -0.3 is 9.72 Å². The van der Waals surface area contributed by atoms with Crippen LogP contribution < -0.4 is 5.56 Å².